The summed E-state index contributed by atoms with van der Waals surface area (Å²) in [5.74, 6) is 0. The smallest absolute Gasteiger partial charge is 0.0165 e. The lowest BCUT2D eigenvalue weighted by molar-refractivity contribution is 0.251. The Kier molecular flexibility index (Phi) is 4.05. The van der Waals surface area contributed by atoms with Crippen molar-refractivity contribution in [2.45, 2.75) is 51.4 Å². The predicted molar refractivity (Wildman–Crippen MR) is 61.5 cm³/mol. The molecule has 0 amide bonds. The molecule has 0 bridgehead atoms. The molecule has 0 aromatic carbocycles. The second-order valence-corrected chi connectivity index (χ2v) is 4.78. The van der Waals surface area contributed by atoms with Crippen molar-refractivity contribution in [2.24, 2.45) is 0 Å². The zero-order valence-corrected chi connectivity index (χ0v) is 9.30. The van der Waals surface area contributed by atoms with Crippen LogP contribution in [0.15, 0.2) is 11.6 Å². The normalized spacial score (nSPS) is 25.0. The molecular weight excluding hydrogens is 170 g/mol. The lowest BCUT2D eigenvalue weighted by Crippen LogP contribution is -2.29. The molecule has 0 aromatic rings. The third kappa shape index (κ3) is 3.13. The van der Waals surface area contributed by atoms with Gasteiger partial charge in [-0.05, 0) is 51.6 Å². The number of nitrogens with zero attached hydrogens (tertiary/aromatic N) is 1. The van der Waals surface area contributed by atoms with E-state index in [4.69, 9.17) is 0 Å². The molecular formula is C13H23N. The van der Waals surface area contributed by atoms with Gasteiger partial charge in [-0.3, -0.25) is 4.90 Å². The molecule has 80 valence electrons. The van der Waals surface area contributed by atoms with Gasteiger partial charge < -0.3 is 0 Å². The number of likely N-dealkylation sites (tertiary alicyclic amines) is 1. The van der Waals surface area contributed by atoms with E-state index in [2.05, 4.69) is 11.0 Å². The summed E-state index contributed by atoms with van der Waals surface area (Å²) in [6, 6.07) is 0. The second-order valence-electron chi connectivity index (χ2n) is 4.78. The molecule has 1 aliphatic heterocycles. The van der Waals surface area contributed by atoms with Crippen LogP contribution in [0.2, 0.25) is 0 Å². The van der Waals surface area contributed by atoms with E-state index in [1.54, 1.807) is 5.57 Å². The minimum Gasteiger partial charge on any atom is -0.300 e. The van der Waals surface area contributed by atoms with Crippen molar-refractivity contribution in [2.75, 3.05) is 19.6 Å². The Morgan fingerprint density at radius 2 is 1.50 bits per heavy atom. The maximum Gasteiger partial charge on any atom is 0.0165 e. The number of piperidine rings is 1. The topological polar surface area (TPSA) is 3.24 Å². The molecule has 1 heteroatoms. The van der Waals surface area contributed by atoms with Crippen molar-refractivity contribution in [1.82, 2.24) is 4.90 Å². The van der Waals surface area contributed by atoms with Crippen molar-refractivity contribution < 1.29 is 0 Å². The van der Waals surface area contributed by atoms with Crippen LogP contribution >= 0.6 is 0 Å². The molecule has 1 heterocycles. The maximum absolute atomic E-state index is 2.62. The molecule has 1 saturated heterocycles. The lowest BCUT2D eigenvalue weighted by atomic mass is 9.94. The average Bonchev–Trinajstić information content (AvgIpc) is 2.29. The molecule has 1 aliphatic carbocycles. The van der Waals surface area contributed by atoms with Crippen LogP contribution in [-0.4, -0.2) is 24.5 Å². The Labute approximate surface area is 88.2 Å². The Bertz CT molecular complexity index is 181. The first-order chi connectivity index (χ1) is 6.95. The van der Waals surface area contributed by atoms with Gasteiger partial charge in [0.25, 0.3) is 0 Å². The Hall–Kier alpha value is -0.300. The van der Waals surface area contributed by atoms with Gasteiger partial charge in [-0.25, -0.2) is 0 Å². The second kappa shape index (κ2) is 5.55. The molecule has 2 fully saturated rings. The van der Waals surface area contributed by atoms with Gasteiger partial charge in [-0.2, -0.15) is 0 Å². The van der Waals surface area contributed by atoms with Crippen molar-refractivity contribution >= 4 is 0 Å². The first kappa shape index (κ1) is 10.2. The van der Waals surface area contributed by atoms with Crippen LogP contribution in [0.4, 0.5) is 0 Å². The van der Waals surface area contributed by atoms with Crippen LogP contribution in [-0.2, 0) is 0 Å². The van der Waals surface area contributed by atoms with Crippen LogP contribution < -0.4 is 0 Å². The molecule has 1 saturated carbocycles. The number of hydrogen-bond donors (Lipinski definition) is 0. The summed E-state index contributed by atoms with van der Waals surface area (Å²) in [5, 5.41) is 0. The molecule has 0 N–H and O–H groups in total. The fourth-order valence-electron chi connectivity index (χ4n) is 2.61. The molecule has 0 aromatic heterocycles. The summed E-state index contributed by atoms with van der Waals surface area (Å²) in [5.41, 5.74) is 1.74. The molecule has 0 atom stereocenters. The first-order valence-corrected chi connectivity index (χ1v) is 6.35. The summed E-state index contributed by atoms with van der Waals surface area (Å²) in [6.07, 6.45) is 13.9. The van der Waals surface area contributed by atoms with Crippen LogP contribution in [0.1, 0.15) is 51.4 Å². The standard InChI is InChI=1S/C13H23N/c1-3-7-13(8-4-1)9-12-14-10-5-2-6-11-14/h9H,1-8,10-12H2. The van der Waals surface area contributed by atoms with Gasteiger partial charge in [-0.1, -0.05) is 24.5 Å². The van der Waals surface area contributed by atoms with Gasteiger partial charge in [0.05, 0.1) is 0 Å². The van der Waals surface area contributed by atoms with Crippen molar-refractivity contribution in [1.29, 1.82) is 0 Å². The third-order valence-electron chi connectivity index (χ3n) is 3.58. The quantitative estimate of drug-likeness (QED) is 0.608. The summed E-state index contributed by atoms with van der Waals surface area (Å²) >= 11 is 0. The van der Waals surface area contributed by atoms with E-state index in [0.29, 0.717) is 0 Å². The number of allylic oxidation sites excluding steroid dienone is 1. The number of hydrogen-bond acceptors (Lipinski definition) is 1. The van der Waals surface area contributed by atoms with Gasteiger partial charge in [0.15, 0.2) is 0 Å². The van der Waals surface area contributed by atoms with E-state index in [-0.39, 0.29) is 0 Å². The van der Waals surface area contributed by atoms with E-state index < -0.39 is 0 Å². The van der Waals surface area contributed by atoms with Crippen LogP contribution in [0.3, 0.4) is 0 Å². The van der Waals surface area contributed by atoms with Gasteiger partial charge in [0.2, 0.25) is 0 Å². The van der Waals surface area contributed by atoms with Gasteiger partial charge in [0, 0.05) is 6.54 Å². The van der Waals surface area contributed by atoms with Gasteiger partial charge in [0.1, 0.15) is 0 Å². The highest BCUT2D eigenvalue weighted by molar-refractivity contribution is 5.05. The third-order valence-corrected chi connectivity index (χ3v) is 3.58. The highest BCUT2D eigenvalue weighted by Gasteiger charge is 2.09. The predicted octanol–water partition coefficient (Wildman–Crippen LogP) is 3.36. The zero-order valence-electron chi connectivity index (χ0n) is 9.30. The van der Waals surface area contributed by atoms with Crippen molar-refractivity contribution in [3.63, 3.8) is 0 Å². The van der Waals surface area contributed by atoms with Crippen LogP contribution in [0, 0.1) is 0 Å². The Morgan fingerprint density at radius 3 is 2.21 bits per heavy atom. The van der Waals surface area contributed by atoms with E-state index in [0.717, 1.165) is 0 Å². The minimum absolute atomic E-state index is 1.23. The van der Waals surface area contributed by atoms with Gasteiger partial charge >= 0.3 is 0 Å². The molecule has 1 nitrogen and oxygen atoms in total. The maximum atomic E-state index is 2.62. The van der Waals surface area contributed by atoms with E-state index in [9.17, 15) is 0 Å². The summed E-state index contributed by atoms with van der Waals surface area (Å²) in [6.45, 7) is 3.91. The van der Waals surface area contributed by atoms with Crippen molar-refractivity contribution in [3.8, 4) is 0 Å². The highest BCUT2D eigenvalue weighted by Crippen LogP contribution is 2.22. The summed E-state index contributed by atoms with van der Waals surface area (Å²) < 4.78 is 0. The van der Waals surface area contributed by atoms with Gasteiger partial charge in [-0.15, -0.1) is 0 Å². The molecule has 2 aliphatic rings. The monoisotopic (exact) mass is 193 g/mol. The largest absolute Gasteiger partial charge is 0.300 e. The summed E-state index contributed by atoms with van der Waals surface area (Å²) in [7, 11) is 0. The van der Waals surface area contributed by atoms with E-state index in [1.807, 2.05) is 0 Å². The SMILES string of the molecule is C(CN1CCCCC1)=C1CCCCC1. The fraction of sp³-hybridized carbons (Fsp3) is 0.846. The Morgan fingerprint density at radius 1 is 0.857 bits per heavy atom. The average molecular weight is 193 g/mol. The molecule has 0 radical (unpaired) electrons. The summed E-state index contributed by atoms with van der Waals surface area (Å²) in [4.78, 5) is 2.62. The van der Waals surface area contributed by atoms with E-state index >= 15 is 0 Å². The highest BCUT2D eigenvalue weighted by atomic mass is 15.1. The number of rotatable bonds is 2. The molecule has 2 rings (SSSR count). The van der Waals surface area contributed by atoms with E-state index in [1.165, 1.54) is 71.0 Å². The molecule has 0 unspecified atom stereocenters. The zero-order chi connectivity index (χ0) is 9.64. The minimum atomic E-state index is 1.23. The van der Waals surface area contributed by atoms with Crippen molar-refractivity contribution in [3.05, 3.63) is 11.6 Å². The van der Waals surface area contributed by atoms with Crippen LogP contribution in [0.25, 0.3) is 0 Å². The molecule has 14 heavy (non-hydrogen) atoms. The first-order valence-electron chi connectivity index (χ1n) is 6.35. The Balaban J connectivity index is 1.73. The van der Waals surface area contributed by atoms with Crippen LogP contribution in [0.5, 0.6) is 0 Å². The lowest BCUT2D eigenvalue weighted by Gasteiger charge is -2.25. The fourth-order valence-corrected chi connectivity index (χ4v) is 2.61. The molecule has 0 spiro atoms.